The quantitative estimate of drug-likeness (QED) is 0.921. The summed E-state index contributed by atoms with van der Waals surface area (Å²) >= 11 is 0. The van der Waals surface area contributed by atoms with Gasteiger partial charge in [0.15, 0.2) is 0 Å². The number of aromatic nitrogens is 3. The van der Waals surface area contributed by atoms with Crippen LogP contribution in [0.15, 0.2) is 29.0 Å². The molecule has 1 amide bonds. The number of hydrogen-bond donors (Lipinski definition) is 1. The third kappa shape index (κ3) is 3.03. The van der Waals surface area contributed by atoms with Crippen molar-refractivity contribution in [2.24, 2.45) is 0 Å². The molecule has 7 nitrogen and oxygen atoms in total. The van der Waals surface area contributed by atoms with E-state index in [1.807, 2.05) is 17.0 Å². The molecule has 1 N–H and O–H groups in total. The van der Waals surface area contributed by atoms with E-state index in [0.717, 1.165) is 50.9 Å². The summed E-state index contributed by atoms with van der Waals surface area (Å²) < 4.78 is 5.46. The second kappa shape index (κ2) is 6.68. The van der Waals surface area contributed by atoms with Crippen molar-refractivity contribution < 1.29 is 9.32 Å². The Balaban J connectivity index is 1.38. The van der Waals surface area contributed by atoms with Crippen molar-refractivity contribution in [2.75, 3.05) is 19.6 Å². The average Bonchev–Trinajstić information content (AvgIpc) is 3.34. The fraction of sp³-hybridized carbons (Fsp3) is 0.529. The van der Waals surface area contributed by atoms with Crippen LogP contribution in [0.1, 0.15) is 37.5 Å². The maximum atomic E-state index is 12.4. The first-order chi connectivity index (χ1) is 11.8. The summed E-state index contributed by atoms with van der Waals surface area (Å²) in [5.41, 5.74) is 0.903. The standard InChI is InChI=1S/C17H21N5O2/c23-17(14-2-1-7-19-14)22-10-5-13(6-11-22)16-20-15(21-24-16)12-3-8-18-9-4-12/h3-4,8-9,13-14,19H,1-2,5-7,10-11H2/t14-/m1/s1. The third-order valence-electron chi connectivity index (χ3n) is 4.89. The number of nitrogens with one attached hydrogen (secondary N) is 1. The predicted octanol–water partition coefficient (Wildman–Crippen LogP) is 1.59. The zero-order valence-corrected chi connectivity index (χ0v) is 13.5. The first kappa shape index (κ1) is 15.3. The van der Waals surface area contributed by atoms with Gasteiger partial charge in [-0.15, -0.1) is 0 Å². The van der Waals surface area contributed by atoms with E-state index in [4.69, 9.17) is 4.52 Å². The van der Waals surface area contributed by atoms with Crippen LogP contribution >= 0.6 is 0 Å². The number of pyridine rings is 1. The summed E-state index contributed by atoms with van der Waals surface area (Å²) in [4.78, 5) is 22.9. The number of carbonyl (C=O) groups is 1. The molecule has 2 aromatic rings. The van der Waals surface area contributed by atoms with Crippen LogP contribution in [0.3, 0.4) is 0 Å². The summed E-state index contributed by atoms with van der Waals surface area (Å²) in [6.07, 6.45) is 7.22. The number of carbonyl (C=O) groups excluding carboxylic acids is 1. The summed E-state index contributed by atoms with van der Waals surface area (Å²) in [7, 11) is 0. The fourth-order valence-corrected chi connectivity index (χ4v) is 3.48. The Kier molecular flexibility index (Phi) is 4.25. The molecular formula is C17H21N5O2. The van der Waals surface area contributed by atoms with Gasteiger partial charge in [-0.25, -0.2) is 0 Å². The molecule has 0 unspecified atom stereocenters. The van der Waals surface area contributed by atoms with Gasteiger partial charge >= 0.3 is 0 Å². The Bertz CT molecular complexity index is 688. The second-order valence-electron chi connectivity index (χ2n) is 6.44. The first-order valence-corrected chi connectivity index (χ1v) is 8.57. The van der Waals surface area contributed by atoms with E-state index < -0.39 is 0 Å². The number of amides is 1. The van der Waals surface area contributed by atoms with Crippen LogP contribution in [0, 0.1) is 0 Å². The molecule has 0 radical (unpaired) electrons. The molecule has 2 aromatic heterocycles. The van der Waals surface area contributed by atoms with E-state index in [1.165, 1.54) is 0 Å². The molecule has 2 fully saturated rings. The minimum absolute atomic E-state index is 0.0169. The van der Waals surface area contributed by atoms with Crippen LogP contribution in [0.2, 0.25) is 0 Å². The molecule has 0 spiro atoms. The number of hydrogen-bond acceptors (Lipinski definition) is 6. The first-order valence-electron chi connectivity index (χ1n) is 8.57. The van der Waals surface area contributed by atoms with Gasteiger partial charge in [-0.1, -0.05) is 5.16 Å². The lowest BCUT2D eigenvalue weighted by molar-refractivity contribution is -0.134. The molecule has 7 heteroatoms. The lowest BCUT2D eigenvalue weighted by Gasteiger charge is -2.32. The molecule has 0 bridgehead atoms. The van der Waals surface area contributed by atoms with Gasteiger partial charge in [-0.05, 0) is 44.4 Å². The van der Waals surface area contributed by atoms with E-state index in [-0.39, 0.29) is 17.9 Å². The highest BCUT2D eigenvalue weighted by Gasteiger charge is 2.31. The molecule has 1 atom stereocenters. The molecule has 2 saturated heterocycles. The van der Waals surface area contributed by atoms with E-state index in [2.05, 4.69) is 20.4 Å². The van der Waals surface area contributed by atoms with E-state index in [9.17, 15) is 4.79 Å². The van der Waals surface area contributed by atoms with Gasteiger partial charge in [0.05, 0.1) is 6.04 Å². The highest BCUT2D eigenvalue weighted by Crippen LogP contribution is 2.29. The van der Waals surface area contributed by atoms with Gasteiger partial charge in [0.1, 0.15) is 0 Å². The van der Waals surface area contributed by atoms with Crippen LogP contribution < -0.4 is 5.32 Å². The van der Waals surface area contributed by atoms with Crippen molar-refractivity contribution in [3.63, 3.8) is 0 Å². The molecule has 4 rings (SSSR count). The maximum Gasteiger partial charge on any atom is 0.239 e. The minimum atomic E-state index is 0.0169. The van der Waals surface area contributed by atoms with Gasteiger partial charge in [0, 0.05) is 37.0 Å². The monoisotopic (exact) mass is 327 g/mol. The van der Waals surface area contributed by atoms with E-state index >= 15 is 0 Å². The number of rotatable bonds is 3. The van der Waals surface area contributed by atoms with Gasteiger partial charge in [-0.2, -0.15) is 4.98 Å². The predicted molar refractivity (Wildman–Crippen MR) is 87.1 cm³/mol. The Morgan fingerprint density at radius 2 is 2.00 bits per heavy atom. The number of likely N-dealkylation sites (tertiary alicyclic amines) is 1. The maximum absolute atomic E-state index is 12.4. The molecule has 0 aromatic carbocycles. The van der Waals surface area contributed by atoms with Crippen LogP contribution in [-0.2, 0) is 4.79 Å². The van der Waals surface area contributed by atoms with Crippen molar-refractivity contribution in [3.05, 3.63) is 30.4 Å². The fourth-order valence-electron chi connectivity index (χ4n) is 3.48. The Morgan fingerprint density at radius 1 is 1.21 bits per heavy atom. The minimum Gasteiger partial charge on any atom is -0.341 e. The highest BCUT2D eigenvalue weighted by atomic mass is 16.5. The van der Waals surface area contributed by atoms with Crippen LogP contribution in [0.25, 0.3) is 11.4 Å². The van der Waals surface area contributed by atoms with Gasteiger partial charge in [-0.3, -0.25) is 9.78 Å². The summed E-state index contributed by atoms with van der Waals surface area (Å²) in [6.45, 7) is 2.47. The van der Waals surface area contributed by atoms with E-state index in [0.29, 0.717) is 11.7 Å². The number of nitrogens with zero attached hydrogens (tertiary/aromatic N) is 4. The summed E-state index contributed by atoms with van der Waals surface area (Å²) in [5, 5.41) is 7.36. The van der Waals surface area contributed by atoms with Gasteiger partial charge in [0.25, 0.3) is 0 Å². The third-order valence-corrected chi connectivity index (χ3v) is 4.89. The normalized spacial score (nSPS) is 22.0. The van der Waals surface area contributed by atoms with Crippen LogP contribution in [0.4, 0.5) is 0 Å². The zero-order valence-electron chi connectivity index (χ0n) is 13.5. The molecular weight excluding hydrogens is 306 g/mol. The van der Waals surface area contributed by atoms with Crippen LogP contribution in [-0.4, -0.2) is 51.6 Å². The lowest BCUT2D eigenvalue weighted by Crippen LogP contribution is -2.46. The Morgan fingerprint density at radius 3 is 2.71 bits per heavy atom. The van der Waals surface area contributed by atoms with Crippen LogP contribution in [0.5, 0.6) is 0 Å². The molecule has 126 valence electrons. The van der Waals surface area contributed by atoms with Gasteiger partial charge < -0.3 is 14.7 Å². The van der Waals surface area contributed by atoms with Gasteiger partial charge in [0.2, 0.25) is 17.6 Å². The smallest absolute Gasteiger partial charge is 0.239 e. The molecule has 24 heavy (non-hydrogen) atoms. The zero-order chi connectivity index (χ0) is 16.4. The molecule has 2 aliphatic heterocycles. The number of piperidine rings is 1. The average molecular weight is 327 g/mol. The largest absolute Gasteiger partial charge is 0.341 e. The lowest BCUT2D eigenvalue weighted by atomic mass is 9.96. The molecule has 4 heterocycles. The van der Waals surface area contributed by atoms with Crippen molar-refractivity contribution in [3.8, 4) is 11.4 Å². The van der Waals surface area contributed by atoms with Crippen molar-refractivity contribution in [1.82, 2.24) is 25.3 Å². The SMILES string of the molecule is O=C([C@H]1CCCN1)N1CCC(c2nc(-c3ccncc3)no2)CC1. The molecule has 0 saturated carbocycles. The topological polar surface area (TPSA) is 84.2 Å². The Labute approximate surface area is 140 Å². The Hall–Kier alpha value is -2.28. The second-order valence-corrected chi connectivity index (χ2v) is 6.44. The molecule has 0 aliphatic carbocycles. The highest BCUT2D eigenvalue weighted by molar-refractivity contribution is 5.82. The van der Waals surface area contributed by atoms with Crippen molar-refractivity contribution >= 4 is 5.91 Å². The van der Waals surface area contributed by atoms with Crippen molar-refractivity contribution in [2.45, 2.75) is 37.6 Å². The van der Waals surface area contributed by atoms with E-state index in [1.54, 1.807) is 12.4 Å². The molecule has 2 aliphatic rings. The summed E-state index contributed by atoms with van der Waals surface area (Å²) in [5.74, 6) is 1.75. The summed E-state index contributed by atoms with van der Waals surface area (Å²) in [6, 6.07) is 3.75. The van der Waals surface area contributed by atoms with Crippen molar-refractivity contribution in [1.29, 1.82) is 0 Å².